The van der Waals surface area contributed by atoms with Gasteiger partial charge in [0.05, 0.1) is 0 Å². The number of pyridine rings is 1. The predicted octanol–water partition coefficient (Wildman–Crippen LogP) is 4.90. The Morgan fingerprint density at radius 1 is 0.926 bits per heavy atom. The SMILES string of the molecule is CC(=O)c1cccc(Nc2cc(C(=O)Nc3ccc(C)cc3C)ccn2)c1. The molecule has 0 unspecified atom stereocenters. The maximum Gasteiger partial charge on any atom is 0.255 e. The van der Waals surface area contributed by atoms with Gasteiger partial charge in [0.15, 0.2) is 5.78 Å². The molecule has 0 radical (unpaired) electrons. The highest BCUT2D eigenvalue weighted by molar-refractivity contribution is 6.05. The quantitative estimate of drug-likeness (QED) is 0.636. The van der Waals surface area contributed by atoms with E-state index in [1.807, 2.05) is 38.1 Å². The van der Waals surface area contributed by atoms with Crippen LogP contribution < -0.4 is 10.6 Å². The predicted molar refractivity (Wildman–Crippen MR) is 108 cm³/mol. The molecule has 1 heterocycles. The number of hydrogen-bond donors (Lipinski definition) is 2. The summed E-state index contributed by atoms with van der Waals surface area (Å²) in [5.41, 5.74) is 4.79. The van der Waals surface area contributed by atoms with Gasteiger partial charge in [0.2, 0.25) is 0 Å². The zero-order valence-electron chi connectivity index (χ0n) is 15.5. The lowest BCUT2D eigenvalue weighted by Gasteiger charge is -2.11. The largest absolute Gasteiger partial charge is 0.340 e. The van der Waals surface area contributed by atoms with E-state index in [0.717, 1.165) is 22.5 Å². The minimum atomic E-state index is -0.204. The third-order valence-electron chi connectivity index (χ3n) is 4.19. The van der Waals surface area contributed by atoms with Crippen LogP contribution in [0.3, 0.4) is 0 Å². The first kappa shape index (κ1) is 18.3. The molecular weight excluding hydrogens is 338 g/mol. The van der Waals surface area contributed by atoms with E-state index in [4.69, 9.17) is 0 Å². The average molecular weight is 359 g/mol. The molecular formula is C22H21N3O2. The summed E-state index contributed by atoms with van der Waals surface area (Å²) in [6.45, 7) is 5.50. The summed E-state index contributed by atoms with van der Waals surface area (Å²) in [5, 5.41) is 6.06. The lowest BCUT2D eigenvalue weighted by Crippen LogP contribution is -2.13. The van der Waals surface area contributed by atoms with Crippen LogP contribution in [0.1, 0.15) is 38.8 Å². The maximum absolute atomic E-state index is 12.6. The van der Waals surface area contributed by atoms with E-state index in [1.165, 1.54) is 6.92 Å². The van der Waals surface area contributed by atoms with Gasteiger partial charge in [-0.1, -0.05) is 29.8 Å². The van der Waals surface area contributed by atoms with Crippen molar-refractivity contribution in [3.05, 3.63) is 83.0 Å². The van der Waals surface area contributed by atoms with Crippen LogP contribution in [0, 0.1) is 13.8 Å². The summed E-state index contributed by atoms with van der Waals surface area (Å²) in [5.74, 6) is 0.321. The van der Waals surface area contributed by atoms with Crippen molar-refractivity contribution in [3.8, 4) is 0 Å². The van der Waals surface area contributed by atoms with Gasteiger partial charge in [-0.2, -0.15) is 0 Å². The number of Topliss-reactive ketones (excluding diaryl/α,β-unsaturated/α-hetero) is 1. The van der Waals surface area contributed by atoms with Gasteiger partial charge in [-0.05, 0) is 56.7 Å². The normalized spacial score (nSPS) is 10.3. The van der Waals surface area contributed by atoms with E-state index >= 15 is 0 Å². The molecule has 0 aliphatic heterocycles. The fraction of sp³-hybridized carbons (Fsp3) is 0.136. The fourth-order valence-electron chi connectivity index (χ4n) is 2.75. The fourth-order valence-corrected chi connectivity index (χ4v) is 2.75. The van der Waals surface area contributed by atoms with Crippen LogP contribution in [0.25, 0.3) is 0 Å². The number of rotatable bonds is 5. The van der Waals surface area contributed by atoms with Crippen molar-refractivity contribution < 1.29 is 9.59 Å². The first-order chi connectivity index (χ1) is 12.9. The number of benzene rings is 2. The zero-order chi connectivity index (χ0) is 19.4. The van der Waals surface area contributed by atoms with E-state index in [0.29, 0.717) is 16.9 Å². The van der Waals surface area contributed by atoms with Crippen LogP contribution in [-0.2, 0) is 0 Å². The molecule has 0 saturated carbocycles. The Bertz CT molecular complexity index is 1010. The van der Waals surface area contributed by atoms with Crippen LogP contribution in [0.4, 0.5) is 17.2 Å². The number of ketones is 1. The maximum atomic E-state index is 12.6. The number of hydrogen-bond acceptors (Lipinski definition) is 4. The Morgan fingerprint density at radius 2 is 1.74 bits per heavy atom. The second-order valence-electron chi connectivity index (χ2n) is 6.46. The molecule has 1 amide bonds. The summed E-state index contributed by atoms with van der Waals surface area (Å²) in [6, 6.07) is 16.4. The average Bonchev–Trinajstić information content (AvgIpc) is 2.64. The minimum absolute atomic E-state index is 0.00629. The minimum Gasteiger partial charge on any atom is -0.340 e. The monoisotopic (exact) mass is 359 g/mol. The first-order valence-electron chi connectivity index (χ1n) is 8.65. The summed E-state index contributed by atoms with van der Waals surface area (Å²) in [6.07, 6.45) is 1.58. The van der Waals surface area contributed by atoms with E-state index < -0.39 is 0 Å². The van der Waals surface area contributed by atoms with Crippen molar-refractivity contribution in [1.82, 2.24) is 4.98 Å². The van der Waals surface area contributed by atoms with E-state index in [2.05, 4.69) is 15.6 Å². The van der Waals surface area contributed by atoms with Crippen molar-refractivity contribution in [2.75, 3.05) is 10.6 Å². The van der Waals surface area contributed by atoms with E-state index in [-0.39, 0.29) is 11.7 Å². The third-order valence-corrected chi connectivity index (χ3v) is 4.19. The molecule has 0 aliphatic carbocycles. The smallest absolute Gasteiger partial charge is 0.255 e. The molecule has 5 nitrogen and oxygen atoms in total. The highest BCUT2D eigenvalue weighted by Gasteiger charge is 2.10. The number of nitrogens with zero attached hydrogens (tertiary/aromatic N) is 1. The van der Waals surface area contributed by atoms with E-state index in [9.17, 15) is 9.59 Å². The van der Waals surface area contributed by atoms with Crippen molar-refractivity contribution in [1.29, 1.82) is 0 Å². The molecule has 5 heteroatoms. The summed E-state index contributed by atoms with van der Waals surface area (Å²) in [7, 11) is 0. The Kier molecular flexibility index (Phi) is 5.31. The molecule has 1 aromatic heterocycles. The lowest BCUT2D eigenvalue weighted by molar-refractivity contribution is 0.101. The zero-order valence-corrected chi connectivity index (χ0v) is 15.5. The number of amides is 1. The number of carbonyl (C=O) groups excluding carboxylic acids is 2. The summed E-state index contributed by atoms with van der Waals surface area (Å²) >= 11 is 0. The van der Waals surface area contributed by atoms with Gasteiger partial charge < -0.3 is 10.6 Å². The van der Waals surface area contributed by atoms with Gasteiger partial charge in [-0.3, -0.25) is 9.59 Å². The number of nitrogens with one attached hydrogen (secondary N) is 2. The van der Waals surface area contributed by atoms with Crippen LogP contribution in [0.15, 0.2) is 60.8 Å². The van der Waals surface area contributed by atoms with Crippen LogP contribution >= 0.6 is 0 Å². The Morgan fingerprint density at radius 3 is 2.48 bits per heavy atom. The number of aryl methyl sites for hydroxylation is 2. The number of carbonyl (C=O) groups is 2. The molecule has 0 fully saturated rings. The molecule has 2 N–H and O–H groups in total. The first-order valence-corrected chi connectivity index (χ1v) is 8.65. The molecule has 27 heavy (non-hydrogen) atoms. The van der Waals surface area contributed by atoms with Crippen molar-refractivity contribution >= 4 is 28.9 Å². The van der Waals surface area contributed by atoms with Gasteiger partial charge in [0.25, 0.3) is 5.91 Å². The van der Waals surface area contributed by atoms with Gasteiger partial charge in [-0.15, -0.1) is 0 Å². The van der Waals surface area contributed by atoms with Gasteiger partial charge in [0.1, 0.15) is 5.82 Å². The lowest BCUT2D eigenvalue weighted by atomic mass is 10.1. The van der Waals surface area contributed by atoms with Crippen LogP contribution in [0.5, 0.6) is 0 Å². The standard InChI is InChI=1S/C22H21N3O2/c1-14-7-8-20(15(2)11-14)25-22(27)18-9-10-23-21(13-18)24-19-6-4-5-17(12-19)16(3)26/h4-13H,1-3H3,(H,23,24)(H,25,27). The molecule has 3 rings (SSSR count). The third kappa shape index (κ3) is 4.58. The second kappa shape index (κ2) is 7.83. The second-order valence-corrected chi connectivity index (χ2v) is 6.46. The van der Waals surface area contributed by atoms with Crippen molar-refractivity contribution in [2.45, 2.75) is 20.8 Å². The molecule has 3 aromatic rings. The molecule has 136 valence electrons. The molecule has 2 aromatic carbocycles. The Balaban J connectivity index is 1.77. The Hall–Kier alpha value is -3.47. The Labute approximate surface area is 158 Å². The molecule has 0 aliphatic rings. The summed E-state index contributed by atoms with van der Waals surface area (Å²) < 4.78 is 0. The van der Waals surface area contributed by atoms with Crippen LogP contribution in [0.2, 0.25) is 0 Å². The van der Waals surface area contributed by atoms with Crippen molar-refractivity contribution in [2.24, 2.45) is 0 Å². The van der Waals surface area contributed by atoms with Gasteiger partial charge >= 0.3 is 0 Å². The summed E-state index contributed by atoms with van der Waals surface area (Å²) in [4.78, 5) is 28.4. The molecule has 0 bridgehead atoms. The molecule has 0 saturated heterocycles. The molecule has 0 spiro atoms. The number of aromatic nitrogens is 1. The van der Waals surface area contributed by atoms with Crippen LogP contribution in [-0.4, -0.2) is 16.7 Å². The van der Waals surface area contributed by atoms with Gasteiger partial charge in [-0.25, -0.2) is 4.98 Å². The highest BCUT2D eigenvalue weighted by atomic mass is 16.1. The topological polar surface area (TPSA) is 71.1 Å². The van der Waals surface area contributed by atoms with E-state index in [1.54, 1.807) is 36.5 Å². The van der Waals surface area contributed by atoms with Gasteiger partial charge in [0, 0.05) is 28.7 Å². The molecule has 0 atom stereocenters. The van der Waals surface area contributed by atoms with Crippen molar-refractivity contribution in [3.63, 3.8) is 0 Å². The number of anilines is 3. The highest BCUT2D eigenvalue weighted by Crippen LogP contribution is 2.20.